The van der Waals surface area contributed by atoms with Gasteiger partial charge in [0.05, 0.1) is 18.3 Å². The molecule has 2 rings (SSSR count). The zero-order valence-corrected chi connectivity index (χ0v) is 13.2. The van der Waals surface area contributed by atoms with Gasteiger partial charge in [-0.05, 0) is 38.5 Å². The lowest BCUT2D eigenvalue weighted by atomic mass is 9.84. The van der Waals surface area contributed by atoms with Crippen LogP contribution in [-0.4, -0.2) is 41.3 Å². The van der Waals surface area contributed by atoms with E-state index in [0.29, 0.717) is 18.3 Å². The number of methoxy groups -OCH3 is 1. The van der Waals surface area contributed by atoms with Crippen LogP contribution in [0.3, 0.4) is 0 Å². The van der Waals surface area contributed by atoms with E-state index in [4.69, 9.17) is 9.47 Å². The summed E-state index contributed by atoms with van der Waals surface area (Å²) in [5.74, 6) is 0.418. The third-order valence-corrected chi connectivity index (χ3v) is 4.38. The maximum absolute atomic E-state index is 11.9. The largest absolute Gasteiger partial charge is 0.458 e. The summed E-state index contributed by atoms with van der Waals surface area (Å²) in [5.41, 5.74) is 1.13. The second-order valence-corrected chi connectivity index (χ2v) is 5.68. The average molecular weight is 295 g/mol. The molecule has 0 spiro atoms. The van der Waals surface area contributed by atoms with Gasteiger partial charge in [0.2, 0.25) is 0 Å². The molecule has 1 aromatic heterocycles. The first-order valence-corrected chi connectivity index (χ1v) is 7.75. The minimum Gasteiger partial charge on any atom is -0.458 e. The van der Waals surface area contributed by atoms with Gasteiger partial charge in [-0.1, -0.05) is 18.6 Å². The van der Waals surface area contributed by atoms with Gasteiger partial charge in [0, 0.05) is 7.11 Å². The molecule has 1 saturated carbocycles. The van der Waals surface area contributed by atoms with Crippen molar-refractivity contribution in [1.29, 1.82) is 0 Å². The summed E-state index contributed by atoms with van der Waals surface area (Å²) in [4.78, 5) is 11.9. The first kappa shape index (κ1) is 15.9. The first-order chi connectivity index (χ1) is 10.2. The minimum atomic E-state index is -0.418. The number of aromatic nitrogens is 3. The molecule has 0 unspecified atom stereocenters. The summed E-state index contributed by atoms with van der Waals surface area (Å²) in [6.07, 6.45) is 5.93. The molecule has 1 fully saturated rings. The van der Waals surface area contributed by atoms with Crippen molar-refractivity contribution in [2.45, 2.75) is 52.0 Å². The quantitative estimate of drug-likeness (QED) is 0.596. The Balaban J connectivity index is 1.98. The zero-order chi connectivity index (χ0) is 15.2. The van der Waals surface area contributed by atoms with Crippen molar-refractivity contribution in [3.05, 3.63) is 11.4 Å². The topological polar surface area (TPSA) is 66.2 Å². The smallest absolute Gasteiger partial charge is 0.360 e. The maximum Gasteiger partial charge on any atom is 0.360 e. The van der Waals surface area contributed by atoms with Crippen LogP contribution < -0.4 is 0 Å². The molecule has 0 bridgehead atoms. The van der Waals surface area contributed by atoms with Gasteiger partial charge < -0.3 is 9.47 Å². The van der Waals surface area contributed by atoms with E-state index in [2.05, 4.69) is 17.2 Å². The van der Waals surface area contributed by atoms with E-state index in [1.165, 1.54) is 19.3 Å². The van der Waals surface area contributed by atoms with E-state index in [-0.39, 0.29) is 6.61 Å². The third-order valence-electron chi connectivity index (χ3n) is 4.38. The Labute approximate surface area is 125 Å². The van der Waals surface area contributed by atoms with E-state index in [1.54, 1.807) is 7.11 Å². The maximum atomic E-state index is 11.9. The van der Waals surface area contributed by atoms with Gasteiger partial charge in [-0.25, -0.2) is 9.48 Å². The van der Waals surface area contributed by atoms with Crippen LogP contribution in [0.2, 0.25) is 0 Å². The fourth-order valence-corrected chi connectivity index (χ4v) is 2.96. The predicted molar refractivity (Wildman–Crippen MR) is 78.2 cm³/mol. The van der Waals surface area contributed by atoms with Crippen molar-refractivity contribution >= 4 is 5.97 Å². The van der Waals surface area contributed by atoms with Gasteiger partial charge in [0.25, 0.3) is 0 Å². The van der Waals surface area contributed by atoms with Gasteiger partial charge in [-0.3, -0.25) is 0 Å². The van der Waals surface area contributed by atoms with Crippen molar-refractivity contribution in [3.8, 4) is 0 Å². The fourth-order valence-electron chi connectivity index (χ4n) is 2.96. The lowest BCUT2D eigenvalue weighted by Gasteiger charge is -2.28. The van der Waals surface area contributed by atoms with Gasteiger partial charge in [0.15, 0.2) is 5.69 Å². The highest BCUT2D eigenvalue weighted by Gasteiger charge is 2.26. The van der Waals surface area contributed by atoms with Crippen molar-refractivity contribution in [3.63, 3.8) is 0 Å². The summed E-state index contributed by atoms with van der Waals surface area (Å²) in [5, 5.41) is 8.18. The number of nitrogens with zero attached hydrogens (tertiary/aromatic N) is 3. The van der Waals surface area contributed by atoms with E-state index < -0.39 is 5.97 Å². The van der Waals surface area contributed by atoms with Crippen molar-refractivity contribution in [1.82, 2.24) is 15.0 Å². The Morgan fingerprint density at radius 1 is 1.29 bits per heavy atom. The van der Waals surface area contributed by atoms with E-state index in [1.807, 2.05) is 11.6 Å². The van der Waals surface area contributed by atoms with Crippen LogP contribution >= 0.6 is 0 Å². The van der Waals surface area contributed by atoms with Crippen LogP contribution in [0, 0.1) is 12.8 Å². The van der Waals surface area contributed by atoms with E-state index >= 15 is 0 Å². The molecule has 21 heavy (non-hydrogen) atoms. The Hall–Kier alpha value is -1.43. The van der Waals surface area contributed by atoms with Crippen molar-refractivity contribution in [2.75, 3.05) is 20.3 Å². The fraction of sp³-hybridized carbons (Fsp3) is 0.800. The summed E-state index contributed by atoms with van der Waals surface area (Å²) < 4.78 is 11.9. The second-order valence-electron chi connectivity index (χ2n) is 5.68. The van der Waals surface area contributed by atoms with Crippen LogP contribution in [0.25, 0.3) is 0 Å². The predicted octanol–water partition coefficient (Wildman–Crippen LogP) is 2.53. The monoisotopic (exact) mass is 295 g/mol. The zero-order valence-electron chi connectivity index (χ0n) is 13.2. The number of esters is 1. The molecule has 1 aliphatic rings. The number of rotatable bonds is 6. The third kappa shape index (κ3) is 3.81. The lowest BCUT2D eigenvalue weighted by Crippen LogP contribution is -2.20. The van der Waals surface area contributed by atoms with Gasteiger partial charge in [-0.2, -0.15) is 0 Å². The highest BCUT2D eigenvalue weighted by Crippen LogP contribution is 2.34. The van der Waals surface area contributed by atoms with Crippen LogP contribution in [0.1, 0.15) is 61.3 Å². The minimum absolute atomic E-state index is 0.239. The molecule has 0 N–H and O–H groups in total. The van der Waals surface area contributed by atoms with E-state index in [9.17, 15) is 4.79 Å². The summed E-state index contributed by atoms with van der Waals surface area (Å²) in [7, 11) is 1.57. The summed E-state index contributed by atoms with van der Waals surface area (Å²) in [6.45, 7) is 4.77. The average Bonchev–Trinajstić information content (AvgIpc) is 2.89. The molecule has 0 aliphatic heterocycles. The molecular weight excluding hydrogens is 270 g/mol. The highest BCUT2D eigenvalue weighted by molar-refractivity contribution is 5.88. The number of ether oxygens (including phenoxy) is 2. The molecule has 6 heteroatoms. The van der Waals surface area contributed by atoms with Crippen LogP contribution in [0.15, 0.2) is 0 Å². The van der Waals surface area contributed by atoms with E-state index in [0.717, 1.165) is 24.5 Å². The van der Waals surface area contributed by atoms with Crippen LogP contribution in [0.4, 0.5) is 0 Å². The molecule has 1 heterocycles. The van der Waals surface area contributed by atoms with Crippen LogP contribution in [-0.2, 0) is 9.47 Å². The molecule has 118 valence electrons. The molecule has 0 radical (unpaired) electrons. The van der Waals surface area contributed by atoms with Gasteiger partial charge in [0.1, 0.15) is 6.61 Å². The second kappa shape index (κ2) is 7.54. The van der Waals surface area contributed by atoms with Gasteiger partial charge in [-0.15, -0.1) is 5.10 Å². The van der Waals surface area contributed by atoms with Crippen LogP contribution in [0.5, 0.6) is 0 Å². The molecule has 0 saturated heterocycles. The summed E-state index contributed by atoms with van der Waals surface area (Å²) in [6, 6.07) is 0.362. The molecule has 1 aliphatic carbocycles. The summed E-state index contributed by atoms with van der Waals surface area (Å²) >= 11 is 0. The standard InChI is InChI=1S/C15H25N3O3/c1-4-12-5-7-13(8-6-12)18-11(2)14(16-17-18)15(19)21-10-9-20-3/h12-13H,4-10H2,1-3H3. The molecule has 0 amide bonds. The molecule has 0 atom stereocenters. The normalized spacial score (nSPS) is 22.2. The lowest BCUT2D eigenvalue weighted by molar-refractivity contribution is 0.0380. The number of hydrogen-bond donors (Lipinski definition) is 0. The number of hydrogen-bond acceptors (Lipinski definition) is 5. The first-order valence-electron chi connectivity index (χ1n) is 7.75. The van der Waals surface area contributed by atoms with Gasteiger partial charge >= 0.3 is 5.97 Å². The Morgan fingerprint density at radius 3 is 2.62 bits per heavy atom. The van der Waals surface area contributed by atoms with Crippen molar-refractivity contribution in [2.24, 2.45) is 5.92 Å². The highest BCUT2D eigenvalue weighted by atomic mass is 16.6. The molecular formula is C15H25N3O3. The molecule has 1 aromatic rings. The SMILES string of the molecule is CCC1CCC(n2nnc(C(=O)OCCOC)c2C)CC1. The molecule has 0 aromatic carbocycles. The number of carbonyl (C=O) groups excluding carboxylic acids is 1. The Kier molecular flexibility index (Phi) is 5.73. The number of carbonyl (C=O) groups is 1. The Bertz CT molecular complexity index is 465. The van der Waals surface area contributed by atoms with Crippen molar-refractivity contribution < 1.29 is 14.3 Å². The Morgan fingerprint density at radius 2 is 2.00 bits per heavy atom. The molecule has 6 nitrogen and oxygen atoms in total.